The van der Waals surface area contributed by atoms with Crippen molar-refractivity contribution in [2.24, 2.45) is 0 Å². The average Bonchev–Trinajstić information content (AvgIpc) is 2.97. The molecule has 4 heteroatoms. The van der Waals surface area contributed by atoms with Gasteiger partial charge < -0.3 is 9.72 Å². The molecule has 3 nitrogen and oxygen atoms in total. The zero-order valence-corrected chi connectivity index (χ0v) is 16.2. The Hall–Kier alpha value is -1.32. The Bertz CT molecular complexity index is 470. The molecule has 0 aliphatic heterocycles. The number of halogens is 1. The van der Waals surface area contributed by atoms with Gasteiger partial charge in [0, 0.05) is 11.8 Å². The molecular formula is C21H36FNO2. The molecule has 0 fully saturated rings. The van der Waals surface area contributed by atoms with Crippen LogP contribution in [0.4, 0.5) is 4.39 Å². The number of H-pyrrole nitrogens is 1. The van der Waals surface area contributed by atoms with E-state index in [1.54, 1.807) is 13.1 Å². The van der Waals surface area contributed by atoms with Gasteiger partial charge in [-0.3, -0.25) is 0 Å². The molecule has 25 heavy (non-hydrogen) atoms. The van der Waals surface area contributed by atoms with E-state index in [1.165, 1.54) is 64.2 Å². The smallest absolute Gasteiger partial charge is 0.357 e. The Morgan fingerprint density at radius 2 is 1.44 bits per heavy atom. The third-order valence-corrected chi connectivity index (χ3v) is 4.67. The summed E-state index contributed by atoms with van der Waals surface area (Å²) in [5.41, 5.74) is 0.547. The number of nitrogens with one attached hydrogen (secondary N) is 1. The van der Waals surface area contributed by atoms with Crippen molar-refractivity contribution in [1.29, 1.82) is 0 Å². The molecule has 0 bridgehead atoms. The highest BCUT2D eigenvalue weighted by atomic mass is 19.1. The summed E-state index contributed by atoms with van der Waals surface area (Å²) in [5.74, 6) is -1.05. The summed E-state index contributed by atoms with van der Waals surface area (Å²) in [5, 5.41) is 0. The predicted molar refractivity (Wildman–Crippen MR) is 101 cm³/mol. The van der Waals surface area contributed by atoms with Crippen LogP contribution in [0.15, 0.2) is 6.20 Å². The van der Waals surface area contributed by atoms with Gasteiger partial charge in [0.1, 0.15) is 0 Å². The van der Waals surface area contributed by atoms with Crippen molar-refractivity contribution in [3.05, 3.63) is 23.3 Å². The van der Waals surface area contributed by atoms with Gasteiger partial charge >= 0.3 is 5.97 Å². The van der Waals surface area contributed by atoms with Crippen molar-refractivity contribution >= 4 is 5.97 Å². The number of hydrogen-bond acceptors (Lipinski definition) is 2. The van der Waals surface area contributed by atoms with Crippen molar-refractivity contribution < 1.29 is 13.9 Å². The standard InChI is InChI=1S/C21H36FNO2/c1-3-5-6-7-8-9-10-11-12-13-14-15-16-18-17-23-20(19(18)22)21(24)25-4-2/h17,23H,3-16H2,1-2H3. The largest absolute Gasteiger partial charge is 0.461 e. The average molecular weight is 354 g/mol. The van der Waals surface area contributed by atoms with Crippen LogP contribution in [0.2, 0.25) is 0 Å². The summed E-state index contributed by atoms with van der Waals surface area (Å²) in [6.45, 7) is 4.22. The van der Waals surface area contributed by atoms with Gasteiger partial charge in [0.15, 0.2) is 11.5 Å². The Balaban J connectivity index is 2.02. The van der Waals surface area contributed by atoms with Gasteiger partial charge in [-0.15, -0.1) is 0 Å². The lowest BCUT2D eigenvalue weighted by atomic mass is 10.0. The van der Waals surface area contributed by atoms with Crippen LogP contribution in [0.25, 0.3) is 0 Å². The van der Waals surface area contributed by atoms with Gasteiger partial charge in [-0.2, -0.15) is 0 Å². The van der Waals surface area contributed by atoms with Crippen molar-refractivity contribution in [3.8, 4) is 0 Å². The number of carbonyl (C=O) groups is 1. The summed E-state index contributed by atoms with van der Waals surface area (Å²) in [7, 11) is 0. The van der Waals surface area contributed by atoms with E-state index < -0.39 is 11.8 Å². The summed E-state index contributed by atoms with van der Waals surface area (Å²) < 4.78 is 18.9. The first-order valence-electron chi connectivity index (χ1n) is 10.2. The maximum atomic E-state index is 14.1. The van der Waals surface area contributed by atoms with E-state index in [1.807, 2.05) is 0 Å². The van der Waals surface area contributed by atoms with Crippen molar-refractivity contribution in [2.75, 3.05) is 6.61 Å². The second-order valence-corrected chi connectivity index (χ2v) is 6.86. The molecule has 1 N–H and O–H groups in total. The minimum absolute atomic E-state index is 0.0456. The Morgan fingerprint density at radius 1 is 0.920 bits per heavy atom. The monoisotopic (exact) mass is 353 g/mol. The molecule has 1 rings (SSSR count). The van der Waals surface area contributed by atoms with E-state index in [2.05, 4.69) is 11.9 Å². The Morgan fingerprint density at radius 3 is 1.96 bits per heavy atom. The number of aryl methyl sites for hydroxylation is 1. The quantitative estimate of drug-likeness (QED) is 0.286. The third kappa shape index (κ3) is 9.08. The summed E-state index contributed by atoms with van der Waals surface area (Å²) in [6.07, 6.45) is 17.8. The van der Waals surface area contributed by atoms with Crippen LogP contribution in [0.3, 0.4) is 0 Å². The van der Waals surface area contributed by atoms with Crippen LogP contribution in [0, 0.1) is 5.82 Å². The second kappa shape index (κ2) is 13.9. The van der Waals surface area contributed by atoms with Gasteiger partial charge in [-0.1, -0.05) is 77.6 Å². The lowest BCUT2D eigenvalue weighted by molar-refractivity contribution is 0.0514. The van der Waals surface area contributed by atoms with Gasteiger partial charge in [0.25, 0.3) is 0 Å². The number of hydrogen-bond donors (Lipinski definition) is 1. The minimum atomic E-state index is -0.610. The molecule has 1 heterocycles. The Labute approximate surface area is 152 Å². The zero-order valence-electron chi connectivity index (χ0n) is 16.2. The van der Waals surface area contributed by atoms with E-state index in [4.69, 9.17) is 4.74 Å². The molecule has 1 aromatic rings. The third-order valence-electron chi connectivity index (χ3n) is 4.67. The number of carbonyl (C=O) groups excluding carboxylic acids is 1. The molecule has 0 saturated heterocycles. The molecule has 144 valence electrons. The number of aromatic nitrogens is 1. The topological polar surface area (TPSA) is 42.1 Å². The fraction of sp³-hybridized carbons (Fsp3) is 0.762. The first kappa shape index (κ1) is 21.7. The van der Waals surface area contributed by atoms with E-state index in [9.17, 15) is 9.18 Å². The first-order chi connectivity index (χ1) is 12.2. The molecule has 0 aliphatic rings. The fourth-order valence-corrected chi connectivity index (χ4v) is 3.14. The second-order valence-electron chi connectivity index (χ2n) is 6.86. The highest BCUT2D eigenvalue weighted by Crippen LogP contribution is 2.17. The lowest BCUT2D eigenvalue weighted by Crippen LogP contribution is -2.07. The Kier molecular flexibility index (Phi) is 12.1. The fourth-order valence-electron chi connectivity index (χ4n) is 3.14. The van der Waals surface area contributed by atoms with Crippen LogP contribution in [-0.4, -0.2) is 17.6 Å². The van der Waals surface area contributed by atoms with Crippen molar-refractivity contribution in [3.63, 3.8) is 0 Å². The maximum absolute atomic E-state index is 14.1. The van der Waals surface area contributed by atoms with Crippen LogP contribution < -0.4 is 0 Å². The summed E-state index contributed by atoms with van der Waals surface area (Å²) in [6, 6.07) is 0. The van der Waals surface area contributed by atoms with E-state index in [-0.39, 0.29) is 12.3 Å². The van der Waals surface area contributed by atoms with Gasteiger partial charge in [0.2, 0.25) is 0 Å². The molecule has 0 spiro atoms. The van der Waals surface area contributed by atoms with Crippen molar-refractivity contribution in [1.82, 2.24) is 4.98 Å². The van der Waals surface area contributed by atoms with Crippen LogP contribution >= 0.6 is 0 Å². The number of esters is 1. The molecule has 1 aromatic heterocycles. The number of rotatable bonds is 15. The highest BCUT2D eigenvalue weighted by Gasteiger charge is 2.18. The molecular weight excluding hydrogens is 317 g/mol. The van der Waals surface area contributed by atoms with E-state index in [0.717, 1.165) is 12.8 Å². The maximum Gasteiger partial charge on any atom is 0.357 e. The molecule has 0 aromatic carbocycles. The van der Waals surface area contributed by atoms with E-state index >= 15 is 0 Å². The molecule has 0 aliphatic carbocycles. The molecule has 0 amide bonds. The van der Waals surface area contributed by atoms with Crippen molar-refractivity contribution in [2.45, 2.75) is 97.3 Å². The summed E-state index contributed by atoms with van der Waals surface area (Å²) >= 11 is 0. The molecule has 0 atom stereocenters. The summed E-state index contributed by atoms with van der Waals surface area (Å²) in [4.78, 5) is 14.3. The number of ether oxygens (including phenoxy) is 1. The predicted octanol–water partition coefficient (Wildman–Crippen LogP) is 6.57. The van der Waals surface area contributed by atoms with Gasteiger partial charge in [-0.05, 0) is 19.8 Å². The number of unbranched alkanes of at least 4 members (excludes halogenated alkanes) is 11. The van der Waals surface area contributed by atoms with Crippen LogP contribution in [0.1, 0.15) is 107 Å². The molecule has 0 radical (unpaired) electrons. The minimum Gasteiger partial charge on any atom is -0.461 e. The van der Waals surface area contributed by atoms with Crippen LogP contribution in [0.5, 0.6) is 0 Å². The lowest BCUT2D eigenvalue weighted by Gasteiger charge is -2.03. The van der Waals surface area contributed by atoms with E-state index in [0.29, 0.717) is 12.0 Å². The van der Waals surface area contributed by atoms with Gasteiger partial charge in [0.05, 0.1) is 6.61 Å². The normalized spacial score (nSPS) is 11.0. The molecule has 0 unspecified atom stereocenters. The van der Waals surface area contributed by atoms with Gasteiger partial charge in [-0.25, -0.2) is 9.18 Å². The number of aromatic amines is 1. The molecule has 0 saturated carbocycles. The van der Waals surface area contributed by atoms with Crippen LogP contribution in [-0.2, 0) is 11.2 Å². The first-order valence-corrected chi connectivity index (χ1v) is 10.2. The highest BCUT2D eigenvalue weighted by molar-refractivity contribution is 5.88. The SMILES string of the molecule is CCCCCCCCCCCCCCc1c[nH]c(C(=O)OCC)c1F. The zero-order chi connectivity index (χ0) is 18.3.